The van der Waals surface area contributed by atoms with Crippen molar-refractivity contribution in [1.29, 1.82) is 0 Å². The molecular formula is C15H10Br5F3. The van der Waals surface area contributed by atoms with Crippen LogP contribution < -0.4 is 0 Å². The lowest BCUT2D eigenvalue weighted by atomic mass is 10.0. The van der Waals surface area contributed by atoms with E-state index in [0.717, 1.165) is 34.2 Å². The zero-order valence-electron chi connectivity index (χ0n) is 11.3. The lowest BCUT2D eigenvalue weighted by Gasteiger charge is -2.08. The standard InChI is InChI=1S/C14H10BrF3.CBr4/c15-9-10-2-1-3-12(8-10)11-4-6-13(7-5-11)14(16,17)18;2-1(3,4)5/h1-8H,9H2;. The zero-order chi connectivity index (χ0) is 17.7. The number of hydrogen-bond donors (Lipinski definition) is 0. The van der Waals surface area contributed by atoms with Gasteiger partial charge in [-0.05, 0) is 92.5 Å². The van der Waals surface area contributed by atoms with E-state index >= 15 is 0 Å². The normalized spacial score (nSPS) is 11.7. The largest absolute Gasteiger partial charge is 0.416 e. The fourth-order valence-electron chi connectivity index (χ4n) is 1.69. The highest BCUT2D eigenvalue weighted by atomic mass is 80.0. The molecule has 8 heteroatoms. The number of benzene rings is 2. The second-order valence-corrected chi connectivity index (χ2v) is 16.0. The van der Waals surface area contributed by atoms with Crippen molar-refractivity contribution in [2.45, 2.75) is 12.6 Å². The van der Waals surface area contributed by atoms with Crippen LogP contribution in [0.15, 0.2) is 48.5 Å². The molecule has 0 radical (unpaired) electrons. The van der Waals surface area contributed by atoms with E-state index in [2.05, 4.69) is 79.6 Å². The van der Waals surface area contributed by atoms with Gasteiger partial charge in [0.25, 0.3) is 0 Å². The van der Waals surface area contributed by atoms with Gasteiger partial charge >= 0.3 is 6.18 Å². The Kier molecular flexibility index (Phi) is 8.82. The third-order valence-corrected chi connectivity index (χ3v) is 3.27. The van der Waals surface area contributed by atoms with Gasteiger partial charge in [-0.15, -0.1) is 0 Å². The first-order chi connectivity index (χ1) is 10.5. The minimum atomic E-state index is -4.28. The quantitative estimate of drug-likeness (QED) is 0.288. The topological polar surface area (TPSA) is 0 Å². The van der Waals surface area contributed by atoms with E-state index in [1.54, 1.807) is 0 Å². The van der Waals surface area contributed by atoms with E-state index in [9.17, 15) is 13.2 Å². The van der Waals surface area contributed by atoms with Gasteiger partial charge in [-0.25, -0.2) is 0 Å². The summed E-state index contributed by atoms with van der Waals surface area (Å²) in [5.41, 5.74) is 2.17. The van der Waals surface area contributed by atoms with Gasteiger partial charge in [0, 0.05) is 5.33 Å². The van der Waals surface area contributed by atoms with Crippen molar-refractivity contribution in [2.24, 2.45) is 0 Å². The first-order valence-corrected chi connectivity index (χ1v) is 10.4. The van der Waals surface area contributed by atoms with Crippen molar-refractivity contribution in [3.8, 4) is 11.1 Å². The summed E-state index contributed by atoms with van der Waals surface area (Å²) in [6.07, 6.45) is -4.28. The molecule has 0 nitrogen and oxygen atoms in total. The van der Waals surface area contributed by atoms with Gasteiger partial charge in [0.05, 0.1) is 5.56 Å². The third kappa shape index (κ3) is 9.05. The van der Waals surface area contributed by atoms with Gasteiger partial charge in [-0.2, -0.15) is 13.2 Å². The van der Waals surface area contributed by atoms with Crippen LogP contribution in [0, 0.1) is 0 Å². The van der Waals surface area contributed by atoms with Crippen molar-refractivity contribution < 1.29 is 13.2 Å². The molecule has 0 atom stereocenters. The van der Waals surface area contributed by atoms with Gasteiger partial charge in [0.1, 0.15) is 0 Å². The van der Waals surface area contributed by atoms with Crippen LogP contribution in [0.2, 0.25) is 0 Å². The van der Waals surface area contributed by atoms with E-state index in [1.807, 2.05) is 24.3 Å². The third-order valence-electron chi connectivity index (χ3n) is 2.63. The van der Waals surface area contributed by atoms with Crippen LogP contribution in [-0.2, 0) is 11.5 Å². The van der Waals surface area contributed by atoms with E-state index in [0.29, 0.717) is 0 Å². The Labute approximate surface area is 174 Å². The molecule has 0 bridgehead atoms. The lowest BCUT2D eigenvalue weighted by molar-refractivity contribution is -0.137. The number of alkyl halides is 8. The fourth-order valence-corrected chi connectivity index (χ4v) is 2.03. The molecule has 23 heavy (non-hydrogen) atoms. The second kappa shape index (κ2) is 9.36. The molecule has 0 amide bonds. The summed E-state index contributed by atoms with van der Waals surface area (Å²) in [7, 11) is 0. The van der Waals surface area contributed by atoms with Crippen molar-refractivity contribution >= 4 is 79.6 Å². The van der Waals surface area contributed by atoms with Gasteiger partial charge in [0.15, 0.2) is 1.05 Å². The summed E-state index contributed by atoms with van der Waals surface area (Å²) in [6, 6.07) is 12.9. The summed E-state index contributed by atoms with van der Waals surface area (Å²) in [6.45, 7) is 0. The van der Waals surface area contributed by atoms with Crippen molar-refractivity contribution in [2.75, 3.05) is 0 Å². The molecule has 0 aliphatic carbocycles. The van der Waals surface area contributed by atoms with E-state index < -0.39 is 11.7 Å². The molecule has 0 aliphatic heterocycles. The molecule has 2 rings (SSSR count). The summed E-state index contributed by atoms with van der Waals surface area (Å²) < 4.78 is 37.1. The van der Waals surface area contributed by atoms with Crippen LogP contribution in [0.4, 0.5) is 13.2 Å². The predicted molar refractivity (Wildman–Crippen MR) is 108 cm³/mol. The predicted octanol–water partition coefficient (Wildman–Crippen LogP) is 8.44. The maximum absolute atomic E-state index is 12.4. The summed E-state index contributed by atoms with van der Waals surface area (Å²) in [4.78, 5) is 0. The Morgan fingerprint density at radius 3 is 1.74 bits per heavy atom. The van der Waals surface area contributed by atoms with Crippen molar-refractivity contribution in [3.63, 3.8) is 0 Å². The van der Waals surface area contributed by atoms with Crippen LogP contribution in [-0.4, -0.2) is 1.05 Å². The van der Waals surface area contributed by atoms with Crippen molar-refractivity contribution in [1.82, 2.24) is 0 Å². The first-order valence-electron chi connectivity index (χ1n) is 6.09. The number of halogens is 8. The molecule has 0 unspecified atom stereocenters. The summed E-state index contributed by atoms with van der Waals surface area (Å²) in [5, 5.41) is 0.724. The molecule has 0 spiro atoms. The summed E-state index contributed by atoms with van der Waals surface area (Å²) in [5.74, 6) is 0. The highest BCUT2D eigenvalue weighted by Crippen LogP contribution is 2.39. The van der Waals surface area contributed by atoms with Crippen LogP contribution in [0.5, 0.6) is 0 Å². The monoisotopic (exact) mass is 642 g/mol. The average molecular weight is 647 g/mol. The molecule has 0 aromatic heterocycles. The van der Waals surface area contributed by atoms with E-state index in [1.165, 1.54) is 12.1 Å². The fraction of sp³-hybridized carbons (Fsp3) is 0.200. The van der Waals surface area contributed by atoms with Gasteiger partial charge in [-0.3, -0.25) is 0 Å². The van der Waals surface area contributed by atoms with Gasteiger partial charge < -0.3 is 0 Å². The minimum Gasteiger partial charge on any atom is -0.166 e. The van der Waals surface area contributed by atoms with Crippen LogP contribution in [0.25, 0.3) is 11.1 Å². The molecule has 2 aromatic carbocycles. The maximum atomic E-state index is 12.4. The van der Waals surface area contributed by atoms with Crippen LogP contribution >= 0.6 is 79.6 Å². The minimum absolute atomic E-state index is 0.250. The van der Waals surface area contributed by atoms with Gasteiger partial charge in [0.2, 0.25) is 0 Å². The molecule has 0 saturated carbocycles. The summed E-state index contributed by atoms with van der Waals surface area (Å²) >= 11 is 15.9. The Bertz CT molecular complexity index is 612. The van der Waals surface area contributed by atoms with Gasteiger partial charge in [-0.1, -0.05) is 52.3 Å². The first kappa shape index (κ1) is 21.7. The maximum Gasteiger partial charge on any atom is 0.416 e. The molecule has 2 aromatic rings. The molecule has 0 heterocycles. The molecular weight excluding hydrogens is 637 g/mol. The number of hydrogen-bond acceptors (Lipinski definition) is 0. The Balaban J connectivity index is 0.000000463. The average Bonchev–Trinajstić information content (AvgIpc) is 2.45. The molecule has 126 valence electrons. The molecule has 0 saturated heterocycles. The van der Waals surface area contributed by atoms with Crippen molar-refractivity contribution in [3.05, 3.63) is 59.7 Å². The van der Waals surface area contributed by atoms with E-state index in [-0.39, 0.29) is 1.05 Å². The van der Waals surface area contributed by atoms with E-state index in [4.69, 9.17) is 0 Å². The highest BCUT2D eigenvalue weighted by Gasteiger charge is 2.29. The molecule has 0 fully saturated rings. The number of rotatable bonds is 2. The van der Waals surface area contributed by atoms with Crippen LogP contribution in [0.3, 0.4) is 0 Å². The second-order valence-electron chi connectivity index (χ2n) is 4.34. The molecule has 0 aliphatic rings. The SMILES string of the molecule is BrC(Br)(Br)Br.FC(F)(F)c1ccc(-c2cccc(CBr)c2)cc1. The lowest BCUT2D eigenvalue weighted by Crippen LogP contribution is -2.03. The Hall–Kier alpha value is 0.630. The van der Waals surface area contributed by atoms with Crippen LogP contribution in [0.1, 0.15) is 11.1 Å². The molecule has 0 N–H and O–H groups in total. The Morgan fingerprint density at radius 2 is 1.30 bits per heavy atom. The highest BCUT2D eigenvalue weighted by molar-refractivity contribution is 9.52. The Morgan fingerprint density at radius 1 is 0.783 bits per heavy atom. The smallest absolute Gasteiger partial charge is 0.166 e. The zero-order valence-corrected chi connectivity index (χ0v) is 19.3.